The van der Waals surface area contributed by atoms with E-state index in [2.05, 4.69) is 15.6 Å². The molecule has 0 spiro atoms. The van der Waals surface area contributed by atoms with Crippen LogP contribution in [0, 0.1) is 0 Å². The molecule has 0 atom stereocenters. The Morgan fingerprint density at radius 2 is 2.33 bits per heavy atom. The van der Waals surface area contributed by atoms with Crippen LogP contribution in [0.3, 0.4) is 0 Å². The second kappa shape index (κ2) is 4.25. The lowest BCUT2D eigenvalue weighted by Gasteiger charge is -2.15. The van der Waals surface area contributed by atoms with E-state index in [0.717, 1.165) is 20.8 Å². The summed E-state index contributed by atoms with van der Waals surface area (Å²) < 4.78 is 0.945. The maximum atomic E-state index is 11.3. The number of thioether (sulfide) groups is 1. The minimum absolute atomic E-state index is 0.0125. The molecule has 7 heteroatoms. The molecule has 1 aromatic carbocycles. The quantitative estimate of drug-likeness (QED) is 0.840. The summed E-state index contributed by atoms with van der Waals surface area (Å²) in [7, 11) is 0. The first-order valence-electron chi connectivity index (χ1n) is 5.26. The third-order valence-electron chi connectivity index (χ3n) is 2.41. The summed E-state index contributed by atoms with van der Waals surface area (Å²) in [5, 5.41) is 6.08. The smallest absolute Gasteiger partial charge is 0.234 e. The summed E-state index contributed by atoms with van der Waals surface area (Å²) in [6.45, 7) is 1.45. The number of benzene rings is 1. The zero-order valence-electron chi connectivity index (χ0n) is 9.44. The summed E-state index contributed by atoms with van der Waals surface area (Å²) in [6.07, 6.45) is 0. The van der Waals surface area contributed by atoms with Crippen molar-refractivity contribution in [2.75, 3.05) is 16.4 Å². The van der Waals surface area contributed by atoms with Crippen molar-refractivity contribution in [1.82, 2.24) is 4.98 Å². The standard InChI is InChI=1S/C11H9N3O2S2/c1-5(15)12-11-14-7-2-8-6(3-9(7)18-11)13-10(16)4-17-8/h2-3H,4H2,1H3,(H,13,16)(H,12,14,15). The van der Waals surface area contributed by atoms with Crippen LogP contribution in [0.4, 0.5) is 10.8 Å². The second-order valence-corrected chi connectivity index (χ2v) is 5.90. The van der Waals surface area contributed by atoms with Gasteiger partial charge in [0.25, 0.3) is 0 Å². The van der Waals surface area contributed by atoms with Crippen LogP contribution in [0.25, 0.3) is 10.2 Å². The zero-order chi connectivity index (χ0) is 12.7. The number of amides is 2. The van der Waals surface area contributed by atoms with Crippen molar-refractivity contribution >= 4 is 55.9 Å². The molecule has 92 valence electrons. The second-order valence-electron chi connectivity index (χ2n) is 3.85. The van der Waals surface area contributed by atoms with Gasteiger partial charge in [0.05, 0.1) is 21.7 Å². The van der Waals surface area contributed by atoms with Gasteiger partial charge in [0.2, 0.25) is 11.8 Å². The predicted molar refractivity (Wildman–Crippen MR) is 73.3 cm³/mol. The highest BCUT2D eigenvalue weighted by Crippen LogP contribution is 2.37. The van der Waals surface area contributed by atoms with Gasteiger partial charge >= 0.3 is 0 Å². The van der Waals surface area contributed by atoms with Gasteiger partial charge in [-0.05, 0) is 12.1 Å². The lowest BCUT2D eigenvalue weighted by molar-refractivity contribution is -0.114. The van der Waals surface area contributed by atoms with Gasteiger partial charge in [0.1, 0.15) is 0 Å². The van der Waals surface area contributed by atoms with Gasteiger partial charge < -0.3 is 10.6 Å². The molecule has 0 saturated heterocycles. The van der Waals surface area contributed by atoms with Crippen LogP contribution in [0.2, 0.25) is 0 Å². The molecule has 2 N–H and O–H groups in total. The highest BCUT2D eigenvalue weighted by molar-refractivity contribution is 8.00. The number of rotatable bonds is 1. The first-order chi connectivity index (χ1) is 8.61. The number of nitrogens with zero attached hydrogens (tertiary/aromatic N) is 1. The molecule has 1 aliphatic heterocycles. The SMILES string of the molecule is CC(=O)Nc1nc2cc3c(cc2s1)NC(=O)CS3. The highest BCUT2D eigenvalue weighted by Gasteiger charge is 2.17. The first kappa shape index (κ1) is 11.5. The van der Waals surface area contributed by atoms with E-state index in [1.54, 1.807) is 0 Å². The maximum Gasteiger partial charge on any atom is 0.234 e. The molecule has 0 bridgehead atoms. The van der Waals surface area contributed by atoms with E-state index in [4.69, 9.17) is 0 Å². The Hall–Kier alpha value is -1.60. The molecule has 3 rings (SSSR count). The lowest BCUT2D eigenvalue weighted by Crippen LogP contribution is -2.18. The van der Waals surface area contributed by atoms with Crippen molar-refractivity contribution in [2.45, 2.75) is 11.8 Å². The normalized spacial score (nSPS) is 14.2. The van der Waals surface area contributed by atoms with Crippen LogP contribution in [0.15, 0.2) is 17.0 Å². The fourth-order valence-corrected chi connectivity index (χ4v) is 3.46. The van der Waals surface area contributed by atoms with Gasteiger partial charge in [0, 0.05) is 11.8 Å². The fourth-order valence-electron chi connectivity index (χ4n) is 1.71. The molecule has 2 aromatic rings. The average Bonchev–Trinajstić information content (AvgIpc) is 2.65. The van der Waals surface area contributed by atoms with E-state index in [0.29, 0.717) is 10.9 Å². The van der Waals surface area contributed by atoms with Gasteiger partial charge in [-0.1, -0.05) is 11.3 Å². The summed E-state index contributed by atoms with van der Waals surface area (Å²) >= 11 is 2.90. The Kier molecular flexibility index (Phi) is 2.71. The molecule has 0 aliphatic carbocycles. The van der Waals surface area contributed by atoms with E-state index >= 15 is 0 Å². The largest absolute Gasteiger partial charge is 0.324 e. The number of hydrogen-bond donors (Lipinski definition) is 2. The molecular formula is C11H9N3O2S2. The van der Waals surface area contributed by atoms with Crippen LogP contribution in [-0.4, -0.2) is 22.6 Å². The Bertz CT molecular complexity index is 666. The molecule has 0 fully saturated rings. The topological polar surface area (TPSA) is 71.1 Å². The van der Waals surface area contributed by atoms with E-state index in [1.807, 2.05) is 12.1 Å². The van der Waals surface area contributed by atoms with Crippen molar-refractivity contribution in [3.05, 3.63) is 12.1 Å². The highest BCUT2D eigenvalue weighted by atomic mass is 32.2. The third kappa shape index (κ3) is 2.06. The Morgan fingerprint density at radius 1 is 1.50 bits per heavy atom. The van der Waals surface area contributed by atoms with E-state index < -0.39 is 0 Å². The molecule has 1 aromatic heterocycles. The van der Waals surface area contributed by atoms with Crippen molar-refractivity contribution in [3.8, 4) is 0 Å². The molecule has 5 nitrogen and oxygen atoms in total. The number of carbonyl (C=O) groups excluding carboxylic acids is 2. The molecule has 0 saturated carbocycles. The van der Waals surface area contributed by atoms with Crippen LogP contribution in [0.5, 0.6) is 0 Å². The van der Waals surface area contributed by atoms with Gasteiger partial charge in [-0.2, -0.15) is 0 Å². The van der Waals surface area contributed by atoms with E-state index in [-0.39, 0.29) is 11.8 Å². The Morgan fingerprint density at radius 3 is 3.11 bits per heavy atom. The number of aromatic nitrogens is 1. The minimum atomic E-state index is -0.138. The molecule has 0 unspecified atom stereocenters. The number of hydrogen-bond acceptors (Lipinski definition) is 5. The van der Waals surface area contributed by atoms with Crippen molar-refractivity contribution < 1.29 is 9.59 Å². The first-order valence-corrected chi connectivity index (χ1v) is 7.07. The molecule has 2 heterocycles. The molecule has 18 heavy (non-hydrogen) atoms. The van der Waals surface area contributed by atoms with Crippen LogP contribution in [0.1, 0.15) is 6.92 Å². The van der Waals surface area contributed by atoms with Gasteiger partial charge in [-0.3, -0.25) is 9.59 Å². The number of nitrogens with one attached hydrogen (secondary N) is 2. The summed E-state index contributed by atoms with van der Waals surface area (Å²) in [4.78, 5) is 27.7. The van der Waals surface area contributed by atoms with Crippen molar-refractivity contribution in [3.63, 3.8) is 0 Å². The van der Waals surface area contributed by atoms with Crippen molar-refractivity contribution in [2.24, 2.45) is 0 Å². The molecule has 0 radical (unpaired) electrons. The molecule has 2 amide bonds. The number of anilines is 2. The molecular weight excluding hydrogens is 270 g/mol. The minimum Gasteiger partial charge on any atom is -0.324 e. The van der Waals surface area contributed by atoms with Crippen LogP contribution in [-0.2, 0) is 9.59 Å². The van der Waals surface area contributed by atoms with Crippen molar-refractivity contribution in [1.29, 1.82) is 0 Å². The average molecular weight is 279 g/mol. The number of thiazole rings is 1. The van der Waals surface area contributed by atoms with Crippen LogP contribution >= 0.6 is 23.1 Å². The predicted octanol–water partition coefficient (Wildman–Crippen LogP) is 2.30. The number of fused-ring (bicyclic) bond motifs is 2. The third-order valence-corrected chi connectivity index (χ3v) is 4.39. The van der Waals surface area contributed by atoms with Gasteiger partial charge in [-0.25, -0.2) is 4.98 Å². The van der Waals surface area contributed by atoms with Crippen LogP contribution < -0.4 is 10.6 Å². The maximum absolute atomic E-state index is 11.3. The Balaban J connectivity index is 2.06. The van der Waals surface area contributed by atoms with E-state index in [1.165, 1.54) is 30.0 Å². The Labute approximate surface area is 111 Å². The number of carbonyl (C=O) groups is 2. The summed E-state index contributed by atoms with van der Waals surface area (Å²) in [5.74, 6) is 0.307. The fraction of sp³-hybridized carbons (Fsp3) is 0.182. The summed E-state index contributed by atoms with van der Waals surface area (Å²) in [6, 6.07) is 3.84. The summed E-state index contributed by atoms with van der Waals surface area (Å²) in [5.41, 5.74) is 1.66. The van der Waals surface area contributed by atoms with Gasteiger partial charge in [-0.15, -0.1) is 11.8 Å². The van der Waals surface area contributed by atoms with E-state index in [9.17, 15) is 9.59 Å². The molecule has 1 aliphatic rings. The monoisotopic (exact) mass is 279 g/mol. The zero-order valence-corrected chi connectivity index (χ0v) is 11.1. The lowest BCUT2D eigenvalue weighted by atomic mass is 10.3. The van der Waals surface area contributed by atoms with Gasteiger partial charge in [0.15, 0.2) is 5.13 Å².